The SMILES string of the molecule is COc1ccccc1CNc1cc(C)c([N+](=O)[O-])cc1Br. The number of rotatable bonds is 5. The van der Waals surface area contributed by atoms with Gasteiger partial charge < -0.3 is 10.1 Å². The Hall–Kier alpha value is -2.08. The summed E-state index contributed by atoms with van der Waals surface area (Å²) in [5.74, 6) is 0.805. The Kier molecular flexibility index (Phi) is 4.80. The van der Waals surface area contributed by atoms with Gasteiger partial charge in [-0.1, -0.05) is 18.2 Å². The van der Waals surface area contributed by atoms with Crippen molar-refractivity contribution in [2.75, 3.05) is 12.4 Å². The van der Waals surface area contributed by atoms with Gasteiger partial charge in [0.25, 0.3) is 5.69 Å². The number of ether oxygens (including phenoxy) is 1. The predicted molar refractivity (Wildman–Crippen MR) is 85.9 cm³/mol. The van der Waals surface area contributed by atoms with Gasteiger partial charge in [0, 0.05) is 33.9 Å². The van der Waals surface area contributed by atoms with E-state index in [9.17, 15) is 10.1 Å². The molecular formula is C15H15BrN2O3. The van der Waals surface area contributed by atoms with Gasteiger partial charge in [-0.15, -0.1) is 0 Å². The quantitative estimate of drug-likeness (QED) is 0.645. The number of para-hydroxylation sites is 1. The van der Waals surface area contributed by atoms with Crippen molar-refractivity contribution in [3.63, 3.8) is 0 Å². The number of halogens is 1. The number of benzene rings is 2. The van der Waals surface area contributed by atoms with Gasteiger partial charge in [0.2, 0.25) is 0 Å². The average molecular weight is 351 g/mol. The smallest absolute Gasteiger partial charge is 0.273 e. The number of methoxy groups -OCH3 is 1. The lowest BCUT2D eigenvalue weighted by Crippen LogP contribution is -2.03. The summed E-state index contributed by atoms with van der Waals surface area (Å²) in [6.07, 6.45) is 0. The lowest BCUT2D eigenvalue weighted by atomic mass is 10.1. The number of hydrogen-bond donors (Lipinski definition) is 1. The van der Waals surface area contributed by atoms with E-state index in [1.165, 1.54) is 6.07 Å². The van der Waals surface area contributed by atoms with E-state index in [1.54, 1.807) is 20.1 Å². The van der Waals surface area contributed by atoms with E-state index in [4.69, 9.17) is 4.74 Å². The molecule has 0 saturated heterocycles. The second kappa shape index (κ2) is 6.58. The maximum Gasteiger partial charge on any atom is 0.273 e. The van der Waals surface area contributed by atoms with Crippen LogP contribution in [0.4, 0.5) is 11.4 Å². The molecule has 110 valence electrons. The van der Waals surface area contributed by atoms with Crippen molar-refractivity contribution in [2.24, 2.45) is 0 Å². The fraction of sp³-hybridized carbons (Fsp3) is 0.200. The molecule has 2 rings (SSSR count). The number of aryl methyl sites for hydroxylation is 1. The van der Waals surface area contributed by atoms with Crippen molar-refractivity contribution in [3.05, 3.63) is 62.1 Å². The standard InChI is InChI=1S/C15H15BrN2O3/c1-10-7-13(12(16)8-14(10)18(19)20)17-9-11-5-3-4-6-15(11)21-2/h3-8,17H,9H2,1-2H3. The maximum atomic E-state index is 10.9. The van der Waals surface area contributed by atoms with Crippen molar-refractivity contribution in [2.45, 2.75) is 13.5 Å². The molecule has 0 aliphatic rings. The molecular weight excluding hydrogens is 336 g/mol. The Labute approximate surface area is 131 Å². The zero-order chi connectivity index (χ0) is 15.4. The lowest BCUT2D eigenvalue weighted by Gasteiger charge is -2.12. The minimum absolute atomic E-state index is 0.102. The van der Waals surface area contributed by atoms with E-state index in [0.29, 0.717) is 16.6 Å². The number of nitro benzene ring substituents is 1. The first-order valence-electron chi connectivity index (χ1n) is 6.33. The van der Waals surface area contributed by atoms with Crippen LogP contribution in [0.15, 0.2) is 40.9 Å². The van der Waals surface area contributed by atoms with Gasteiger partial charge in [-0.05, 0) is 35.0 Å². The predicted octanol–water partition coefficient (Wildman–Crippen LogP) is 4.29. The molecule has 0 unspecified atom stereocenters. The number of nitrogens with zero attached hydrogens (tertiary/aromatic N) is 1. The summed E-state index contributed by atoms with van der Waals surface area (Å²) in [5, 5.41) is 14.2. The van der Waals surface area contributed by atoms with Gasteiger partial charge in [-0.25, -0.2) is 0 Å². The van der Waals surface area contributed by atoms with Crippen LogP contribution in [0, 0.1) is 17.0 Å². The summed E-state index contributed by atoms with van der Waals surface area (Å²) in [5.41, 5.74) is 2.54. The van der Waals surface area contributed by atoms with Gasteiger partial charge in [-0.2, -0.15) is 0 Å². The number of nitrogens with one attached hydrogen (secondary N) is 1. The molecule has 0 radical (unpaired) electrons. The van der Waals surface area contributed by atoms with Crippen LogP contribution in [0.5, 0.6) is 5.75 Å². The minimum atomic E-state index is -0.385. The molecule has 0 bridgehead atoms. The van der Waals surface area contributed by atoms with Crippen LogP contribution in [0.2, 0.25) is 0 Å². The summed E-state index contributed by atoms with van der Waals surface area (Å²) in [7, 11) is 1.63. The molecule has 6 heteroatoms. The molecule has 1 N–H and O–H groups in total. The maximum absolute atomic E-state index is 10.9. The summed E-state index contributed by atoms with van der Waals surface area (Å²) in [6, 6.07) is 11.0. The van der Waals surface area contributed by atoms with Crippen LogP contribution < -0.4 is 10.1 Å². The topological polar surface area (TPSA) is 64.4 Å². The third-order valence-corrected chi connectivity index (χ3v) is 3.80. The third kappa shape index (κ3) is 3.52. The zero-order valence-electron chi connectivity index (χ0n) is 11.7. The molecule has 0 saturated carbocycles. The fourth-order valence-corrected chi connectivity index (χ4v) is 2.51. The number of hydrogen-bond acceptors (Lipinski definition) is 4. The van der Waals surface area contributed by atoms with E-state index >= 15 is 0 Å². The Bertz CT molecular complexity index is 674. The second-order valence-electron chi connectivity index (χ2n) is 4.54. The van der Waals surface area contributed by atoms with Crippen LogP contribution in [0.3, 0.4) is 0 Å². The average Bonchev–Trinajstić information content (AvgIpc) is 2.47. The van der Waals surface area contributed by atoms with Gasteiger partial charge in [-0.3, -0.25) is 10.1 Å². The molecule has 0 spiro atoms. The van der Waals surface area contributed by atoms with E-state index in [-0.39, 0.29) is 10.6 Å². The highest BCUT2D eigenvalue weighted by atomic mass is 79.9. The van der Waals surface area contributed by atoms with E-state index in [1.807, 2.05) is 24.3 Å². The molecule has 0 heterocycles. The highest BCUT2D eigenvalue weighted by molar-refractivity contribution is 9.10. The Morgan fingerprint density at radius 1 is 1.33 bits per heavy atom. The van der Waals surface area contributed by atoms with E-state index in [0.717, 1.165) is 17.0 Å². The van der Waals surface area contributed by atoms with Crippen LogP contribution in [0.25, 0.3) is 0 Å². The molecule has 0 atom stereocenters. The Morgan fingerprint density at radius 2 is 2.05 bits per heavy atom. The van der Waals surface area contributed by atoms with Crippen molar-refractivity contribution in [1.29, 1.82) is 0 Å². The molecule has 0 fully saturated rings. The van der Waals surface area contributed by atoms with Gasteiger partial charge >= 0.3 is 0 Å². The first-order valence-corrected chi connectivity index (χ1v) is 7.12. The molecule has 5 nitrogen and oxygen atoms in total. The largest absolute Gasteiger partial charge is 0.496 e. The molecule has 0 aliphatic carbocycles. The first kappa shape index (κ1) is 15.3. The number of nitro groups is 1. The summed E-state index contributed by atoms with van der Waals surface area (Å²) in [4.78, 5) is 10.5. The van der Waals surface area contributed by atoms with Crippen LogP contribution in [0.1, 0.15) is 11.1 Å². The zero-order valence-corrected chi connectivity index (χ0v) is 13.3. The van der Waals surface area contributed by atoms with Crippen molar-refractivity contribution < 1.29 is 9.66 Å². The van der Waals surface area contributed by atoms with Crippen LogP contribution in [-0.4, -0.2) is 12.0 Å². The normalized spacial score (nSPS) is 10.2. The van der Waals surface area contributed by atoms with E-state index < -0.39 is 0 Å². The van der Waals surface area contributed by atoms with Crippen LogP contribution >= 0.6 is 15.9 Å². The summed E-state index contributed by atoms with van der Waals surface area (Å²) in [6.45, 7) is 2.29. The molecule has 0 amide bonds. The Balaban J connectivity index is 2.21. The van der Waals surface area contributed by atoms with Gasteiger partial charge in [0.1, 0.15) is 5.75 Å². The fourth-order valence-electron chi connectivity index (χ4n) is 2.04. The van der Waals surface area contributed by atoms with Gasteiger partial charge in [0.15, 0.2) is 0 Å². The molecule has 21 heavy (non-hydrogen) atoms. The van der Waals surface area contributed by atoms with Crippen molar-refractivity contribution >= 4 is 27.3 Å². The highest BCUT2D eigenvalue weighted by Gasteiger charge is 2.14. The number of anilines is 1. The van der Waals surface area contributed by atoms with Crippen LogP contribution in [-0.2, 0) is 6.54 Å². The molecule has 2 aromatic rings. The monoisotopic (exact) mass is 350 g/mol. The third-order valence-electron chi connectivity index (χ3n) is 3.14. The van der Waals surface area contributed by atoms with Crippen molar-refractivity contribution in [3.8, 4) is 5.75 Å². The second-order valence-corrected chi connectivity index (χ2v) is 5.40. The highest BCUT2D eigenvalue weighted by Crippen LogP contribution is 2.31. The summed E-state index contributed by atoms with van der Waals surface area (Å²) >= 11 is 3.36. The van der Waals surface area contributed by atoms with Gasteiger partial charge in [0.05, 0.1) is 12.0 Å². The lowest BCUT2D eigenvalue weighted by molar-refractivity contribution is -0.385. The Morgan fingerprint density at radius 3 is 2.71 bits per heavy atom. The molecule has 2 aromatic carbocycles. The molecule has 0 aliphatic heterocycles. The minimum Gasteiger partial charge on any atom is -0.496 e. The molecule has 0 aromatic heterocycles. The first-order chi connectivity index (χ1) is 10.0. The van der Waals surface area contributed by atoms with E-state index in [2.05, 4.69) is 21.2 Å². The summed E-state index contributed by atoms with van der Waals surface area (Å²) < 4.78 is 5.96. The van der Waals surface area contributed by atoms with Crippen molar-refractivity contribution in [1.82, 2.24) is 0 Å².